The van der Waals surface area contributed by atoms with Crippen molar-refractivity contribution in [1.29, 1.82) is 0 Å². The Morgan fingerprint density at radius 1 is 1.38 bits per heavy atom. The highest BCUT2D eigenvalue weighted by atomic mass is 35.5. The van der Waals surface area contributed by atoms with E-state index in [-0.39, 0.29) is 36.6 Å². The summed E-state index contributed by atoms with van der Waals surface area (Å²) in [5.74, 6) is 1.47. The van der Waals surface area contributed by atoms with Crippen LogP contribution in [-0.2, 0) is 4.79 Å². The molecular weight excluding hydrogens is 349 g/mol. The van der Waals surface area contributed by atoms with Gasteiger partial charge < -0.3 is 15.5 Å². The van der Waals surface area contributed by atoms with Gasteiger partial charge in [-0.2, -0.15) is 5.10 Å². The number of hydrogen-bond donors (Lipinski definition) is 2. The van der Waals surface area contributed by atoms with E-state index in [1.54, 1.807) is 6.20 Å². The summed E-state index contributed by atoms with van der Waals surface area (Å²) in [6, 6.07) is 2.31. The molecule has 2 fully saturated rings. The highest BCUT2D eigenvalue weighted by Gasteiger charge is 2.29. The number of halogens is 2. The van der Waals surface area contributed by atoms with E-state index < -0.39 is 0 Å². The summed E-state index contributed by atoms with van der Waals surface area (Å²) >= 11 is 0. The van der Waals surface area contributed by atoms with Gasteiger partial charge in [0, 0.05) is 25.1 Å². The number of anilines is 1. The summed E-state index contributed by atoms with van der Waals surface area (Å²) in [6.45, 7) is 9.45. The molecule has 1 amide bonds. The van der Waals surface area contributed by atoms with E-state index in [4.69, 9.17) is 0 Å². The van der Waals surface area contributed by atoms with Crippen LogP contribution in [0.3, 0.4) is 0 Å². The molecule has 0 aliphatic carbocycles. The van der Waals surface area contributed by atoms with E-state index in [9.17, 15) is 4.79 Å². The van der Waals surface area contributed by atoms with Gasteiger partial charge in [0.2, 0.25) is 5.91 Å². The van der Waals surface area contributed by atoms with Crippen molar-refractivity contribution < 1.29 is 4.79 Å². The summed E-state index contributed by atoms with van der Waals surface area (Å²) in [5.41, 5.74) is 0. The minimum Gasteiger partial charge on any atom is -0.316 e. The number of aromatic nitrogens is 2. The molecule has 6 nitrogen and oxygen atoms in total. The first-order chi connectivity index (χ1) is 10.7. The second-order valence-electron chi connectivity index (χ2n) is 6.52. The Balaban J connectivity index is 0.00000144. The first kappa shape index (κ1) is 21.2. The molecule has 138 valence electrons. The normalized spacial score (nSPS) is 20.4. The van der Waals surface area contributed by atoms with Gasteiger partial charge in [-0.05, 0) is 38.4 Å². The molecule has 0 saturated carbocycles. The van der Waals surface area contributed by atoms with E-state index in [2.05, 4.69) is 27.6 Å². The number of carbonyl (C=O) groups excluding carboxylic acids is 1. The second kappa shape index (κ2) is 9.61. The number of piperidine rings is 1. The molecule has 1 atom stereocenters. The summed E-state index contributed by atoms with van der Waals surface area (Å²) in [4.78, 5) is 14.9. The van der Waals surface area contributed by atoms with Gasteiger partial charge in [0.05, 0.1) is 12.2 Å². The van der Waals surface area contributed by atoms with Crippen molar-refractivity contribution in [3.63, 3.8) is 0 Å². The van der Waals surface area contributed by atoms with Crippen LogP contribution in [0.15, 0.2) is 12.3 Å². The Bertz CT molecular complexity index is 512. The molecule has 2 saturated heterocycles. The van der Waals surface area contributed by atoms with Gasteiger partial charge in [0.25, 0.3) is 0 Å². The topological polar surface area (TPSA) is 62.2 Å². The lowest BCUT2D eigenvalue weighted by Crippen LogP contribution is -2.48. The third-order valence-electron chi connectivity index (χ3n) is 5.21. The highest BCUT2D eigenvalue weighted by molar-refractivity contribution is 5.91. The molecule has 24 heavy (non-hydrogen) atoms. The van der Waals surface area contributed by atoms with Gasteiger partial charge in [-0.3, -0.25) is 4.79 Å². The van der Waals surface area contributed by atoms with Gasteiger partial charge in [-0.15, -0.1) is 24.8 Å². The van der Waals surface area contributed by atoms with Crippen molar-refractivity contribution >= 4 is 36.5 Å². The van der Waals surface area contributed by atoms with Gasteiger partial charge >= 0.3 is 0 Å². The fraction of sp³-hybridized carbons (Fsp3) is 0.750. The fourth-order valence-electron chi connectivity index (χ4n) is 3.30. The van der Waals surface area contributed by atoms with Crippen LogP contribution in [0.2, 0.25) is 0 Å². The number of hydrogen-bond acceptors (Lipinski definition) is 4. The van der Waals surface area contributed by atoms with Gasteiger partial charge in [0.15, 0.2) is 0 Å². The molecule has 0 aromatic carbocycles. The summed E-state index contributed by atoms with van der Waals surface area (Å²) in [5, 5.41) is 10.8. The van der Waals surface area contributed by atoms with Crippen molar-refractivity contribution in [2.45, 2.75) is 32.7 Å². The van der Waals surface area contributed by atoms with E-state index in [1.165, 1.54) is 0 Å². The maximum Gasteiger partial charge on any atom is 0.228 e. The van der Waals surface area contributed by atoms with E-state index in [1.807, 2.05) is 17.7 Å². The molecule has 0 bridgehead atoms. The van der Waals surface area contributed by atoms with Gasteiger partial charge in [-0.1, -0.05) is 13.8 Å². The zero-order valence-electron chi connectivity index (χ0n) is 14.4. The van der Waals surface area contributed by atoms with Crippen LogP contribution in [0, 0.1) is 11.8 Å². The molecule has 0 spiro atoms. The average molecular weight is 378 g/mol. The van der Waals surface area contributed by atoms with Gasteiger partial charge in [0.1, 0.15) is 5.82 Å². The zero-order chi connectivity index (χ0) is 15.5. The second-order valence-corrected chi connectivity index (χ2v) is 6.52. The lowest BCUT2D eigenvalue weighted by atomic mass is 9.88. The lowest BCUT2D eigenvalue weighted by molar-refractivity contribution is -0.121. The Morgan fingerprint density at radius 3 is 2.58 bits per heavy atom. The van der Waals surface area contributed by atoms with Gasteiger partial charge in [-0.25, -0.2) is 4.68 Å². The average Bonchev–Trinajstić information content (AvgIpc) is 2.93. The molecule has 3 rings (SSSR count). The van der Waals surface area contributed by atoms with Crippen LogP contribution in [0.4, 0.5) is 5.82 Å². The Labute approximate surface area is 156 Å². The van der Waals surface area contributed by atoms with Crippen molar-refractivity contribution in [1.82, 2.24) is 20.0 Å². The molecule has 3 heterocycles. The zero-order valence-corrected chi connectivity index (χ0v) is 16.0. The summed E-state index contributed by atoms with van der Waals surface area (Å²) < 4.78 is 2.01. The maximum atomic E-state index is 12.4. The number of rotatable bonds is 5. The molecule has 2 aliphatic heterocycles. The van der Waals surface area contributed by atoms with Crippen LogP contribution < -0.4 is 10.6 Å². The number of nitrogens with zero attached hydrogens (tertiary/aromatic N) is 3. The number of nitrogens with one attached hydrogen (secondary N) is 2. The van der Waals surface area contributed by atoms with Crippen LogP contribution in [0.1, 0.15) is 32.7 Å². The molecule has 1 aromatic heterocycles. The fourth-order valence-corrected chi connectivity index (χ4v) is 3.30. The molecular formula is C16H29Cl2N5O. The largest absolute Gasteiger partial charge is 0.316 e. The van der Waals surface area contributed by atoms with Crippen LogP contribution in [-0.4, -0.2) is 53.3 Å². The van der Waals surface area contributed by atoms with Crippen molar-refractivity contribution in [2.75, 3.05) is 38.0 Å². The minimum absolute atomic E-state index is 0. The predicted octanol–water partition coefficient (Wildman–Crippen LogP) is 2.18. The van der Waals surface area contributed by atoms with E-state index in [0.717, 1.165) is 51.4 Å². The third-order valence-corrected chi connectivity index (χ3v) is 5.21. The quantitative estimate of drug-likeness (QED) is 0.825. The first-order valence-electron chi connectivity index (χ1n) is 8.46. The summed E-state index contributed by atoms with van der Waals surface area (Å²) in [6.07, 6.45) is 3.98. The van der Waals surface area contributed by atoms with E-state index >= 15 is 0 Å². The Hall–Kier alpha value is -0.820. The predicted molar refractivity (Wildman–Crippen MR) is 101 cm³/mol. The maximum absolute atomic E-state index is 12.4. The highest BCUT2D eigenvalue weighted by Crippen LogP contribution is 2.26. The van der Waals surface area contributed by atoms with Crippen molar-refractivity contribution in [2.24, 2.45) is 11.8 Å². The van der Waals surface area contributed by atoms with Crippen LogP contribution in [0.25, 0.3) is 0 Å². The Morgan fingerprint density at radius 2 is 2.04 bits per heavy atom. The third kappa shape index (κ3) is 4.63. The van der Waals surface area contributed by atoms with E-state index in [0.29, 0.717) is 12.0 Å². The number of carbonyl (C=O) groups is 1. The molecule has 8 heteroatoms. The molecule has 2 aliphatic rings. The van der Waals surface area contributed by atoms with Crippen molar-refractivity contribution in [3.8, 4) is 0 Å². The van der Waals surface area contributed by atoms with Crippen LogP contribution >= 0.6 is 24.8 Å². The van der Waals surface area contributed by atoms with Crippen LogP contribution in [0.5, 0.6) is 0 Å². The standard InChI is InChI=1S/C16H27N5O.2ClH/c1-3-20-8-5-14(6-9-20)21-15(4-7-18-21)19-16(22)12(2)13-10-17-11-13;;/h4,7,12-14,17H,3,5-6,8-11H2,1-2H3,(H,19,22);2*1H. The smallest absolute Gasteiger partial charge is 0.228 e. The molecule has 2 N–H and O–H groups in total. The summed E-state index contributed by atoms with van der Waals surface area (Å²) in [7, 11) is 0. The Kier molecular flexibility index (Phi) is 8.50. The molecule has 1 aromatic rings. The number of likely N-dealkylation sites (tertiary alicyclic amines) is 1. The molecule has 0 radical (unpaired) electrons. The molecule has 1 unspecified atom stereocenters. The number of amides is 1. The van der Waals surface area contributed by atoms with Crippen molar-refractivity contribution in [3.05, 3.63) is 12.3 Å². The monoisotopic (exact) mass is 377 g/mol. The lowest BCUT2D eigenvalue weighted by Gasteiger charge is -2.33. The SMILES string of the molecule is CCN1CCC(n2nccc2NC(=O)C(C)C2CNC2)CC1.Cl.Cl. The minimum atomic E-state index is 0. The first-order valence-corrected chi connectivity index (χ1v) is 8.46.